The third-order valence-corrected chi connectivity index (χ3v) is 3.90. The van der Waals surface area contributed by atoms with E-state index >= 15 is 0 Å². The van der Waals surface area contributed by atoms with Gasteiger partial charge in [-0.15, -0.1) is 0 Å². The first-order chi connectivity index (χ1) is 11.0. The second-order valence-electron chi connectivity index (χ2n) is 5.57. The van der Waals surface area contributed by atoms with E-state index < -0.39 is 0 Å². The van der Waals surface area contributed by atoms with Crippen LogP contribution in [0.2, 0.25) is 0 Å². The van der Waals surface area contributed by atoms with Crippen molar-refractivity contribution in [2.24, 2.45) is 7.05 Å². The lowest BCUT2D eigenvalue weighted by atomic mass is 10.2. The number of methoxy groups -OCH3 is 1. The van der Waals surface area contributed by atoms with Gasteiger partial charge in [0.1, 0.15) is 11.6 Å². The van der Waals surface area contributed by atoms with Crippen LogP contribution in [0.5, 0.6) is 5.88 Å². The fourth-order valence-electron chi connectivity index (χ4n) is 2.77. The van der Waals surface area contributed by atoms with Gasteiger partial charge in [-0.2, -0.15) is 10.1 Å². The predicted molar refractivity (Wildman–Crippen MR) is 85.8 cm³/mol. The average molecular weight is 316 g/mol. The number of amides is 1. The van der Waals surface area contributed by atoms with E-state index in [1.54, 1.807) is 22.9 Å². The molecular weight excluding hydrogens is 296 g/mol. The van der Waals surface area contributed by atoms with Gasteiger partial charge >= 0.3 is 0 Å². The molecule has 1 saturated heterocycles. The normalized spacial score (nSPS) is 15.2. The molecule has 0 aromatic carbocycles. The number of ether oxygens (including phenoxy) is 1. The first kappa shape index (κ1) is 15.3. The zero-order chi connectivity index (χ0) is 16.6. The number of hydrogen-bond donors (Lipinski definition) is 0. The van der Waals surface area contributed by atoms with Crippen LogP contribution in [-0.4, -0.2) is 52.4 Å². The van der Waals surface area contributed by atoms with Crippen molar-refractivity contribution < 1.29 is 9.53 Å². The van der Waals surface area contributed by atoms with Crippen LogP contribution in [0.15, 0.2) is 12.4 Å². The summed E-state index contributed by atoms with van der Waals surface area (Å²) >= 11 is 0. The Morgan fingerprint density at radius 3 is 2.61 bits per heavy atom. The van der Waals surface area contributed by atoms with Gasteiger partial charge < -0.3 is 14.5 Å². The van der Waals surface area contributed by atoms with E-state index in [2.05, 4.69) is 15.1 Å². The molecule has 8 heteroatoms. The molecule has 0 bridgehead atoms. The number of carbonyl (C=O) groups excluding carboxylic acids is 1. The number of aryl methyl sites for hydroxylation is 2. The van der Waals surface area contributed by atoms with Gasteiger partial charge in [0.25, 0.3) is 0 Å². The van der Waals surface area contributed by atoms with Crippen LogP contribution in [0.1, 0.15) is 11.4 Å². The van der Waals surface area contributed by atoms with E-state index in [9.17, 15) is 4.79 Å². The highest BCUT2D eigenvalue weighted by Crippen LogP contribution is 2.27. The van der Waals surface area contributed by atoms with Crippen molar-refractivity contribution in [3.63, 3.8) is 0 Å². The van der Waals surface area contributed by atoms with Gasteiger partial charge in [-0.05, 0) is 13.8 Å². The van der Waals surface area contributed by atoms with Crippen LogP contribution in [0.25, 0.3) is 0 Å². The Kier molecular flexibility index (Phi) is 3.89. The van der Waals surface area contributed by atoms with Gasteiger partial charge in [-0.25, -0.2) is 4.98 Å². The second-order valence-corrected chi connectivity index (χ2v) is 5.57. The summed E-state index contributed by atoms with van der Waals surface area (Å²) in [5.41, 5.74) is 1.67. The molecule has 122 valence electrons. The summed E-state index contributed by atoms with van der Waals surface area (Å²) in [7, 11) is 3.42. The van der Waals surface area contributed by atoms with Crippen molar-refractivity contribution in [3.05, 3.63) is 23.8 Å². The topological polar surface area (TPSA) is 76.4 Å². The maximum Gasteiger partial charge on any atom is 0.246 e. The number of hydrogen-bond acceptors (Lipinski definition) is 6. The molecule has 0 atom stereocenters. The Morgan fingerprint density at radius 2 is 2.00 bits per heavy atom. The smallest absolute Gasteiger partial charge is 0.246 e. The standard InChI is InChI=1S/C15H20N6O2/c1-10-14(17-11(2)18-15(10)23-4)20-5-6-21(13(22)9-20)12-7-16-19(3)8-12/h7-8H,5-6,9H2,1-4H3. The molecule has 8 nitrogen and oxygen atoms in total. The predicted octanol–water partition coefficient (Wildman–Crippen LogP) is 0.689. The van der Waals surface area contributed by atoms with Crippen molar-refractivity contribution in [1.82, 2.24) is 19.7 Å². The van der Waals surface area contributed by atoms with E-state index in [1.165, 1.54) is 0 Å². The summed E-state index contributed by atoms with van der Waals surface area (Å²) in [5, 5.41) is 4.12. The van der Waals surface area contributed by atoms with E-state index in [0.29, 0.717) is 24.8 Å². The lowest BCUT2D eigenvalue weighted by molar-refractivity contribution is -0.117. The van der Waals surface area contributed by atoms with Crippen molar-refractivity contribution in [2.75, 3.05) is 36.5 Å². The van der Waals surface area contributed by atoms with Gasteiger partial charge in [0, 0.05) is 26.3 Å². The van der Waals surface area contributed by atoms with Crippen LogP contribution in [0.4, 0.5) is 11.5 Å². The molecule has 3 rings (SSSR count). The zero-order valence-corrected chi connectivity index (χ0v) is 13.8. The highest BCUT2D eigenvalue weighted by Gasteiger charge is 2.28. The van der Waals surface area contributed by atoms with Crippen molar-refractivity contribution >= 4 is 17.4 Å². The Balaban J connectivity index is 1.83. The van der Waals surface area contributed by atoms with Gasteiger partial charge in [-0.3, -0.25) is 9.48 Å². The third-order valence-electron chi connectivity index (χ3n) is 3.90. The van der Waals surface area contributed by atoms with Crippen molar-refractivity contribution in [2.45, 2.75) is 13.8 Å². The van der Waals surface area contributed by atoms with Gasteiger partial charge in [-0.1, -0.05) is 0 Å². The monoisotopic (exact) mass is 316 g/mol. The van der Waals surface area contributed by atoms with Crippen LogP contribution in [0, 0.1) is 13.8 Å². The number of carbonyl (C=O) groups is 1. The minimum absolute atomic E-state index is 0.0267. The van der Waals surface area contributed by atoms with E-state index in [0.717, 1.165) is 17.1 Å². The van der Waals surface area contributed by atoms with E-state index in [1.807, 2.05) is 32.0 Å². The Hall–Kier alpha value is -2.64. The maximum atomic E-state index is 12.5. The summed E-state index contributed by atoms with van der Waals surface area (Å²) in [4.78, 5) is 25.0. The molecule has 0 unspecified atom stereocenters. The quantitative estimate of drug-likeness (QED) is 0.829. The molecule has 23 heavy (non-hydrogen) atoms. The van der Waals surface area contributed by atoms with Crippen LogP contribution >= 0.6 is 0 Å². The fourth-order valence-corrected chi connectivity index (χ4v) is 2.77. The van der Waals surface area contributed by atoms with Crippen molar-refractivity contribution in [3.8, 4) is 5.88 Å². The molecule has 1 aliphatic rings. The largest absolute Gasteiger partial charge is 0.481 e. The van der Waals surface area contributed by atoms with E-state index in [4.69, 9.17) is 4.74 Å². The molecule has 1 fully saturated rings. The van der Waals surface area contributed by atoms with Gasteiger partial charge in [0.05, 0.1) is 31.1 Å². The lowest BCUT2D eigenvalue weighted by Gasteiger charge is -2.35. The first-order valence-corrected chi connectivity index (χ1v) is 7.42. The minimum atomic E-state index is 0.0267. The Labute approximate surface area is 134 Å². The Morgan fingerprint density at radius 1 is 1.22 bits per heavy atom. The lowest BCUT2D eigenvalue weighted by Crippen LogP contribution is -2.51. The molecule has 2 aromatic heterocycles. The summed E-state index contributed by atoms with van der Waals surface area (Å²) in [6.45, 7) is 5.29. The SMILES string of the molecule is COc1nc(C)nc(N2CCN(c3cnn(C)c3)C(=O)C2)c1C. The molecule has 0 spiro atoms. The first-order valence-electron chi connectivity index (χ1n) is 7.42. The highest BCUT2D eigenvalue weighted by atomic mass is 16.5. The molecule has 0 N–H and O–H groups in total. The number of rotatable bonds is 3. The maximum absolute atomic E-state index is 12.5. The number of anilines is 2. The fraction of sp³-hybridized carbons (Fsp3) is 0.467. The average Bonchev–Trinajstić information content (AvgIpc) is 2.95. The molecular formula is C15H20N6O2. The van der Waals surface area contributed by atoms with E-state index in [-0.39, 0.29) is 12.5 Å². The highest BCUT2D eigenvalue weighted by molar-refractivity contribution is 5.97. The molecule has 0 radical (unpaired) electrons. The minimum Gasteiger partial charge on any atom is -0.481 e. The van der Waals surface area contributed by atoms with Crippen LogP contribution in [0.3, 0.4) is 0 Å². The second kappa shape index (κ2) is 5.86. The van der Waals surface area contributed by atoms with Crippen LogP contribution in [-0.2, 0) is 11.8 Å². The van der Waals surface area contributed by atoms with Gasteiger partial charge in [0.2, 0.25) is 11.8 Å². The number of nitrogens with zero attached hydrogens (tertiary/aromatic N) is 6. The number of aromatic nitrogens is 4. The summed E-state index contributed by atoms with van der Waals surface area (Å²) in [5.74, 6) is 1.96. The Bertz CT molecular complexity index is 742. The molecule has 2 aromatic rings. The van der Waals surface area contributed by atoms with Crippen molar-refractivity contribution in [1.29, 1.82) is 0 Å². The molecule has 3 heterocycles. The molecule has 1 amide bonds. The van der Waals surface area contributed by atoms with Crippen LogP contribution < -0.4 is 14.5 Å². The molecule has 0 aliphatic carbocycles. The zero-order valence-electron chi connectivity index (χ0n) is 13.8. The third kappa shape index (κ3) is 2.84. The molecule has 0 saturated carbocycles. The summed E-state index contributed by atoms with van der Waals surface area (Å²) in [6.07, 6.45) is 3.55. The summed E-state index contributed by atoms with van der Waals surface area (Å²) < 4.78 is 6.99. The summed E-state index contributed by atoms with van der Waals surface area (Å²) in [6, 6.07) is 0. The molecule has 1 aliphatic heterocycles. The number of piperazine rings is 1. The van der Waals surface area contributed by atoms with Gasteiger partial charge in [0.15, 0.2) is 0 Å².